The van der Waals surface area contributed by atoms with E-state index in [0.717, 1.165) is 10.6 Å². The number of amides is 1. The van der Waals surface area contributed by atoms with Gasteiger partial charge in [-0.2, -0.15) is 8.78 Å². The molecule has 7 heteroatoms. The van der Waals surface area contributed by atoms with E-state index in [1.807, 2.05) is 31.2 Å². The van der Waals surface area contributed by atoms with Gasteiger partial charge in [0.05, 0.1) is 12.4 Å². The van der Waals surface area contributed by atoms with Crippen LogP contribution in [0.1, 0.15) is 6.92 Å². The summed E-state index contributed by atoms with van der Waals surface area (Å²) in [7, 11) is 1.60. The van der Waals surface area contributed by atoms with Crippen molar-refractivity contribution in [3.8, 4) is 5.75 Å². The molecule has 0 heterocycles. The summed E-state index contributed by atoms with van der Waals surface area (Å²) in [5, 5.41) is 2.49. The second-order valence-corrected chi connectivity index (χ2v) is 7.31. The summed E-state index contributed by atoms with van der Waals surface area (Å²) >= 11 is 1.91. The molecule has 2 aromatic rings. The number of alkyl halides is 2. The number of benzene rings is 2. The van der Waals surface area contributed by atoms with Crippen LogP contribution in [0.4, 0.5) is 14.5 Å². The van der Waals surface area contributed by atoms with Crippen molar-refractivity contribution in [2.75, 3.05) is 12.4 Å². The average Bonchev–Trinajstić information content (AvgIpc) is 2.56. The van der Waals surface area contributed by atoms with Gasteiger partial charge in [-0.25, -0.2) is 0 Å². The van der Waals surface area contributed by atoms with E-state index in [0.29, 0.717) is 22.3 Å². The Morgan fingerprint density at radius 1 is 1.00 bits per heavy atom. The van der Waals surface area contributed by atoms with E-state index in [4.69, 9.17) is 4.74 Å². The number of rotatable bonds is 7. The predicted molar refractivity (Wildman–Crippen MR) is 95.2 cm³/mol. The molecule has 0 bridgehead atoms. The monoisotopic (exact) mass is 369 g/mol. The van der Waals surface area contributed by atoms with Crippen molar-refractivity contribution >= 4 is 35.1 Å². The van der Waals surface area contributed by atoms with E-state index in [9.17, 15) is 13.6 Å². The highest BCUT2D eigenvalue weighted by molar-refractivity contribution is 8.00. The Bertz CT molecular complexity index is 663. The largest absolute Gasteiger partial charge is 0.497 e. The third-order valence-corrected chi connectivity index (χ3v) is 4.92. The molecule has 1 atom stereocenters. The molecule has 1 unspecified atom stereocenters. The van der Waals surface area contributed by atoms with Crippen LogP contribution in [0.3, 0.4) is 0 Å². The summed E-state index contributed by atoms with van der Waals surface area (Å²) in [6.07, 6.45) is 0. The lowest BCUT2D eigenvalue weighted by Gasteiger charge is -2.12. The van der Waals surface area contributed by atoms with Crippen molar-refractivity contribution in [3.63, 3.8) is 0 Å². The highest BCUT2D eigenvalue weighted by Gasteiger charge is 2.15. The molecule has 0 aromatic heterocycles. The van der Waals surface area contributed by atoms with Crippen LogP contribution in [0.5, 0.6) is 5.75 Å². The fourth-order valence-corrected chi connectivity index (χ4v) is 3.24. The van der Waals surface area contributed by atoms with Crippen LogP contribution in [0, 0.1) is 0 Å². The number of halogens is 2. The molecular formula is C17H17F2NO2S2. The maximum atomic E-state index is 12.3. The molecule has 0 radical (unpaired) electrons. The van der Waals surface area contributed by atoms with E-state index in [1.54, 1.807) is 31.4 Å². The van der Waals surface area contributed by atoms with Gasteiger partial charge in [0.15, 0.2) is 0 Å². The van der Waals surface area contributed by atoms with Gasteiger partial charge < -0.3 is 10.1 Å². The number of hydrogen-bond donors (Lipinski definition) is 1. The Balaban J connectivity index is 1.90. The molecular weight excluding hydrogens is 352 g/mol. The number of nitrogens with one attached hydrogen (secondary N) is 1. The van der Waals surface area contributed by atoms with Gasteiger partial charge in [-0.05, 0) is 55.5 Å². The molecule has 0 aliphatic rings. The van der Waals surface area contributed by atoms with E-state index in [2.05, 4.69) is 5.32 Å². The summed E-state index contributed by atoms with van der Waals surface area (Å²) in [5.41, 5.74) is 0.584. The Kier molecular flexibility index (Phi) is 6.93. The highest BCUT2D eigenvalue weighted by atomic mass is 32.2. The molecule has 0 spiro atoms. The summed E-state index contributed by atoms with van der Waals surface area (Å²) in [6, 6.07) is 13.8. The van der Waals surface area contributed by atoms with Gasteiger partial charge in [0.25, 0.3) is 5.76 Å². The second kappa shape index (κ2) is 8.94. The zero-order valence-corrected chi connectivity index (χ0v) is 14.8. The topological polar surface area (TPSA) is 38.3 Å². The third-order valence-electron chi connectivity index (χ3n) is 3.09. The number of ether oxygens (including phenoxy) is 1. The first-order valence-electron chi connectivity index (χ1n) is 7.14. The number of carbonyl (C=O) groups excluding carboxylic acids is 1. The van der Waals surface area contributed by atoms with Gasteiger partial charge in [-0.1, -0.05) is 11.8 Å². The van der Waals surface area contributed by atoms with Crippen LogP contribution in [0.2, 0.25) is 0 Å². The first-order valence-corrected chi connectivity index (χ1v) is 8.90. The first kappa shape index (κ1) is 18.6. The molecule has 1 N–H and O–H groups in total. The van der Waals surface area contributed by atoms with Gasteiger partial charge in [0.2, 0.25) is 5.91 Å². The van der Waals surface area contributed by atoms with E-state index >= 15 is 0 Å². The number of carbonyl (C=O) groups is 1. The summed E-state index contributed by atoms with van der Waals surface area (Å²) in [4.78, 5) is 13.6. The van der Waals surface area contributed by atoms with Gasteiger partial charge in [-0.3, -0.25) is 4.79 Å². The normalized spacial score (nSPS) is 12.0. The smallest absolute Gasteiger partial charge is 0.288 e. The predicted octanol–water partition coefficient (Wildman–Crippen LogP) is 5.13. The van der Waals surface area contributed by atoms with Crippen molar-refractivity contribution in [2.24, 2.45) is 0 Å². The number of anilines is 1. The van der Waals surface area contributed by atoms with Gasteiger partial charge in [-0.15, -0.1) is 11.8 Å². The Labute approximate surface area is 148 Å². The van der Waals surface area contributed by atoms with Gasteiger partial charge in [0.1, 0.15) is 5.75 Å². The minimum absolute atomic E-state index is 0.148. The number of hydrogen-bond acceptors (Lipinski definition) is 4. The highest BCUT2D eigenvalue weighted by Crippen LogP contribution is 2.28. The van der Waals surface area contributed by atoms with Crippen LogP contribution in [0.25, 0.3) is 0 Å². The molecule has 0 fully saturated rings. The van der Waals surface area contributed by atoms with Crippen LogP contribution < -0.4 is 10.1 Å². The van der Waals surface area contributed by atoms with Crippen molar-refractivity contribution in [1.82, 2.24) is 0 Å². The van der Waals surface area contributed by atoms with Crippen molar-refractivity contribution in [3.05, 3.63) is 48.5 Å². The summed E-state index contributed by atoms with van der Waals surface area (Å²) in [5.74, 6) is -1.84. The lowest BCUT2D eigenvalue weighted by atomic mass is 10.3. The minimum atomic E-state index is -2.45. The average molecular weight is 369 g/mol. The van der Waals surface area contributed by atoms with Crippen LogP contribution >= 0.6 is 23.5 Å². The third kappa shape index (κ3) is 5.72. The molecule has 0 aliphatic carbocycles. The maximum Gasteiger partial charge on any atom is 0.288 e. The van der Waals surface area contributed by atoms with Crippen molar-refractivity contribution < 1.29 is 18.3 Å². The fraction of sp³-hybridized carbons (Fsp3) is 0.235. The van der Waals surface area contributed by atoms with Gasteiger partial charge in [0, 0.05) is 15.5 Å². The zero-order valence-electron chi connectivity index (χ0n) is 13.2. The van der Waals surface area contributed by atoms with Gasteiger partial charge >= 0.3 is 0 Å². The molecule has 1 amide bonds. The standard InChI is InChI=1S/C17H17F2NO2S2/c1-11(23-14-9-5-13(22-2)6-10-14)16(21)20-12-3-7-15(8-4-12)24-17(18)19/h3-11,17H,1-2H3,(H,20,21). The SMILES string of the molecule is COc1ccc(SC(C)C(=O)Nc2ccc(SC(F)F)cc2)cc1. The quantitative estimate of drug-likeness (QED) is 0.687. The first-order chi connectivity index (χ1) is 11.5. The molecule has 0 saturated heterocycles. The van der Waals surface area contributed by atoms with E-state index in [1.165, 1.54) is 11.8 Å². The maximum absolute atomic E-state index is 12.3. The minimum Gasteiger partial charge on any atom is -0.497 e. The molecule has 2 aromatic carbocycles. The lowest BCUT2D eigenvalue weighted by Crippen LogP contribution is -2.22. The Morgan fingerprint density at radius 3 is 2.08 bits per heavy atom. The summed E-state index contributed by atoms with van der Waals surface area (Å²) < 4.78 is 29.6. The molecule has 3 nitrogen and oxygen atoms in total. The second-order valence-electron chi connectivity index (χ2n) is 4.83. The Morgan fingerprint density at radius 2 is 1.54 bits per heavy atom. The zero-order chi connectivity index (χ0) is 17.5. The van der Waals surface area contributed by atoms with E-state index in [-0.39, 0.29) is 11.2 Å². The molecule has 2 rings (SSSR count). The van der Waals surface area contributed by atoms with Crippen LogP contribution in [-0.4, -0.2) is 24.0 Å². The molecule has 24 heavy (non-hydrogen) atoms. The van der Waals surface area contributed by atoms with E-state index < -0.39 is 5.76 Å². The van der Waals surface area contributed by atoms with Crippen molar-refractivity contribution in [2.45, 2.75) is 27.7 Å². The molecule has 128 valence electrons. The number of thioether (sulfide) groups is 2. The fourth-order valence-electron chi connectivity index (χ4n) is 1.88. The lowest BCUT2D eigenvalue weighted by molar-refractivity contribution is -0.115. The van der Waals surface area contributed by atoms with Crippen LogP contribution in [0.15, 0.2) is 58.3 Å². The summed E-state index contributed by atoms with van der Waals surface area (Å²) in [6.45, 7) is 1.81. The Hall–Kier alpha value is -1.73. The van der Waals surface area contributed by atoms with Crippen LogP contribution in [-0.2, 0) is 4.79 Å². The van der Waals surface area contributed by atoms with Crippen molar-refractivity contribution in [1.29, 1.82) is 0 Å². The number of methoxy groups -OCH3 is 1. The molecule has 0 aliphatic heterocycles. The molecule has 0 saturated carbocycles.